The van der Waals surface area contributed by atoms with E-state index in [1.54, 1.807) is 11.3 Å². The van der Waals surface area contributed by atoms with E-state index in [4.69, 9.17) is 0 Å². The van der Waals surface area contributed by atoms with Gasteiger partial charge in [-0.15, -0.1) is 0 Å². The first kappa shape index (κ1) is 12.9. The SMILES string of the molecule is CC(Cc1ccsc1)NC(=O)c1n[nH]c2ccccc12. The van der Waals surface area contributed by atoms with Gasteiger partial charge in [-0.2, -0.15) is 16.4 Å². The highest BCUT2D eigenvalue weighted by atomic mass is 32.1. The van der Waals surface area contributed by atoms with Crippen molar-refractivity contribution in [3.8, 4) is 0 Å². The Morgan fingerprint density at radius 3 is 3.05 bits per heavy atom. The number of carbonyl (C=O) groups excluding carboxylic acids is 1. The summed E-state index contributed by atoms with van der Waals surface area (Å²) in [6.07, 6.45) is 0.831. The number of thiophene rings is 1. The molecule has 2 N–H and O–H groups in total. The lowest BCUT2D eigenvalue weighted by molar-refractivity contribution is 0.0936. The number of hydrogen-bond donors (Lipinski definition) is 2. The number of aromatic amines is 1. The van der Waals surface area contributed by atoms with Crippen LogP contribution in [-0.2, 0) is 6.42 Å². The molecule has 0 radical (unpaired) electrons. The minimum Gasteiger partial charge on any atom is -0.348 e. The normalized spacial score (nSPS) is 12.4. The monoisotopic (exact) mass is 285 g/mol. The molecule has 2 heterocycles. The van der Waals surface area contributed by atoms with Gasteiger partial charge in [0.05, 0.1) is 5.52 Å². The summed E-state index contributed by atoms with van der Waals surface area (Å²) in [5, 5.41) is 15.0. The van der Waals surface area contributed by atoms with Gasteiger partial charge in [0.25, 0.3) is 5.91 Å². The van der Waals surface area contributed by atoms with E-state index in [1.165, 1.54) is 5.56 Å². The third-order valence-corrected chi connectivity index (χ3v) is 3.92. The largest absolute Gasteiger partial charge is 0.348 e. The molecule has 0 aliphatic carbocycles. The predicted octanol–water partition coefficient (Wildman–Crippen LogP) is 2.99. The molecule has 0 saturated carbocycles. The lowest BCUT2D eigenvalue weighted by Crippen LogP contribution is -2.34. The third-order valence-electron chi connectivity index (χ3n) is 3.18. The topological polar surface area (TPSA) is 57.8 Å². The second-order valence-corrected chi connectivity index (χ2v) is 5.61. The Kier molecular flexibility index (Phi) is 3.52. The van der Waals surface area contributed by atoms with Crippen molar-refractivity contribution in [3.05, 3.63) is 52.3 Å². The van der Waals surface area contributed by atoms with E-state index in [0.29, 0.717) is 5.69 Å². The van der Waals surface area contributed by atoms with Crippen LogP contribution in [0.4, 0.5) is 0 Å². The highest BCUT2D eigenvalue weighted by molar-refractivity contribution is 7.07. The standard InChI is InChI=1S/C15H15N3OS/c1-10(8-11-6-7-20-9-11)16-15(19)14-12-4-2-3-5-13(12)17-18-14/h2-7,9-10H,8H2,1H3,(H,16,19)(H,17,18). The average Bonchev–Trinajstić information content (AvgIpc) is 3.07. The molecule has 0 fully saturated rings. The van der Waals surface area contributed by atoms with Crippen molar-refractivity contribution in [2.45, 2.75) is 19.4 Å². The molecule has 20 heavy (non-hydrogen) atoms. The first-order valence-corrected chi connectivity index (χ1v) is 7.43. The van der Waals surface area contributed by atoms with Gasteiger partial charge in [-0.25, -0.2) is 0 Å². The van der Waals surface area contributed by atoms with Gasteiger partial charge >= 0.3 is 0 Å². The third kappa shape index (κ3) is 2.58. The number of benzene rings is 1. The molecule has 0 aliphatic heterocycles. The zero-order valence-electron chi connectivity index (χ0n) is 11.1. The maximum Gasteiger partial charge on any atom is 0.272 e. The number of rotatable bonds is 4. The van der Waals surface area contributed by atoms with E-state index in [1.807, 2.05) is 36.6 Å². The number of aromatic nitrogens is 2. The summed E-state index contributed by atoms with van der Waals surface area (Å²) in [5.74, 6) is -0.134. The maximum absolute atomic E-state index is 12.3. The smallest absolute Gasteiger partial charge is 0.272 e. The van der Waals surface area contributed by atoms with Crippen molar-refractivity contribution in [1.29, 1.82) is 0 Å². The van der Waals surface area contributed by atoms with Crippen molar-refractivity contribution in [2.24, 2.45) is 0 Å². The predicted molar refractivity (Wildman–Crippen MR) is 81.0 cm³/mol. The summed E-state index contributed by atoms with van der Waals surface area (Å²) in [4.78, 5) is 12.3. The summed E-state index contributed by atoms with van der Waals surface area (Å²) in [6, 6.07) is 9.79. The van der Waals surface area contributed by atoms with Gasteiger partial charge in [0.1, 0.15) is 0 Å². The van der Waals surface area contributed by atoms with Gasteiger partial charge in [-0.3, -0.25) is 9.89 Å². The van der Waals surface area contributed by atoms with Crippen molar-refractivity contribution < 1.29 is 4.79 Å². The van der Waals surface area contributed by atoms with E-state index in [9.17, 15) is 4.79 Å². The molecular weight excluding hydrogens is 270 g/mol. The van der Waals surface area contributed by atoms with E-state index in [0.717, 1.165) is 17.3 Å². The highest BCUT2D eigenvalue weighted by Gasteiger charge is 2.16. The molecule has 1 atom stereocenters. The van der Waals surface area contributed by atoms with Crippen LogP contribution in [0.5, 0.6) is 0 Å². The summed E-state index contributed by atoms with van der Waals surface area (Å²) >= 11 is 1.67. The van der Waals surface area contributed by atoms with E-state index in [2.05, 4.69) is 27.0 Å². The molecule has 4 nitrogen and oxygen atoms in total. The molecule has 1 aromatic carbocycles. The first-order chi connectivity index (χ1) is 9.74. The van der Waals surface area contributed by atoms with Crippen LogP contribution in [-0.4, -0.2) is 22.1 Å². The Balaban J connectivity index is 1.73. The quantitative estimate of drug-likeness (QED) is 0.774. The number of nitrogens with one attached hydrogen (secondary N) is 2. The molecule has 0 aliphatic rings. The molecule has 102 valence electrons. The van der Waals surface area contributed by atoms with Gasteiger partial charge in [0.15, 0.2) is 5.69 Å². The Labute approximate surface area is 120 Å². The minimum atomic E-state index is -0.134. The lowest BCUT2D eigenvalue weighted by atomic mass is 10.1. The van der Waals surface area contributed by atoms with Crippen LogP contribution in [0.1, 0.15) is 23.0 Å². The summed E-state index contributed by atoms with van der Waals surface area (Å²) in [7, 11) is 0. The maximum atomic E-state index is 12.3. The molecule has 0 saturated heterocycles. The van der Waals surface area contributed by atoms with Crippen LogP contribution < -0.4 is 5.32 Å². The number of amides is 1. The van der Waals surface area contributed by atoms with Crippen LogP contribution in [0, 0.1) is 0 Å². The zero-order valence-corrected chi connectivity index (χ0v) is 11.9. The number of nitrogens with zero attached hydrogens (tertiary/aromatic N) is 1. The molecule has 5 heteroatoms. The molecule has 1 unspecified atom stereocenters. The Bertz CT molecular complexity index is 718. The molecule has 3 aromatic rings. The fourth-order valence-corrected chi connectivity index (χ4v) is 2.92. The first-order valence-electron chi connectivity index (χ1n) is 6.49. The van der Waals surface area contributed by atoms with Gasteiger partial charge in [-0.05, 0) is 41.8 Å². The Morgan fingerprint density at radius 2 is 2.25 bits per heavy atom. The molecule has 2 aromatic heterocycles. The van der Waals surface area contributed by atoms with Gasteiger partial charge < -0.3 is 5.32 Å². The lowest BCUT2D eigenvalue weighted by Gasteiger charge is -2.12. The number of H-pyrrole nitrogens is 1. The van der Waals surface area contributed by atoms with Crippen LogP contribution in [0.3, 0.4) is 0 Å². The second-order valence-electron chi connectivity index (χ2n) is 4.83. The molecule has 1 amide bonds. The summed E-state index contributed by atoms with van der Waals surface area (Å²) < 4.78 is 0. The van der Waals surface area contributed by atoms with E-state index >= 15 is 0 Å². The van der Waals surface area contributed by atoms with Crippen molar-refractivity contribution in [3.63, 3.8) is 0 Å². The highest BCUT2D eigenvalue weighted by Crippen LogP contribution is 2.15. The summed E-state index contributed by atoms with van der Waals surface area (Å²) in [5.41, 5.74) is 2.58. The molecule has 3 rings (SSSR count). The van der Waals surface area contributed by atoms with Crippen LogP contribution in [0.15, 0.2) is 41.1 Å². The van der Waals surface area contributed by atoms with Gasteiger partial charge in [0.2, 0.25) is 0 Å². The zero-order chi connectivity index (χ0) is 13.9. The molecular formula is C15H15N3OS. The van der Waals surface area contributed by atoms with Crippen LogP contribution >= 0.6 is 11.3 Å². The Hall–Kier alpha value is -2.14. The number of hydrogen-bond acceptors (Lipinski definition) is 3. The van der Waals surface area contributed by atoms with Crippen molar-refractivity contribution in [1.82, 2.24) is 15.5 Å². The van der Waals surface area contributed by atoms with Gasteiger partial charge in [0, 0.05) is 11.4 Å². The minimum absolute atomic E-state index is 0.0764. The fourth-order valence-electron chi connectivity index (χ4n) is 2.24. The Morgan fingerprint density at radius 1 is 1.40 bits per heavy atom. The summed E-state index contributed by atoms with van der Waals surface area (Å²) in [6.45, 7) is 2.00. The molecule has 0 bridgehead atoms. The number of fused-ring (bicyclic) bond motifs is 1. The van der Waals surface area contributed by atoms with E-state index < -0.39 is 0 Å². The van der Waals surface area contributed by atoms with E-state index in [-0.39, 0.29) is 11.9 Å². The number of para-hydroxylation sites is 1. The van der Waals surface area contributed by atoms with Gasteiger partial charge in [-0.1, -0.05) is 18.2 Å². The fraction of sp³-hybridized carbons (Fsp3) is 0.200. The average molecular weight is 285 g/mol. The van der Waals surface area contributed by atoms with Crippen molar-refractivity contribution >= 4 is 28.1 Å². The van der Waals surface area contributed by atoms with Crippen LogP contribution in [0.2, 0.25) is 0 Å². The molecule has 0 spiro atoms. The van der Waals surface area contributed by atoms with Crippen molar-refractivity contribution in [2.75, 3.05) is 0 Å². The van der Waals surface area contributed by atoms with Crippen LogP contribution in [0.25, 0.3) is 10.9 Å². The number of carbonyl (C=O) groups is 1. The second kappa shape index (κ2) is 5.46.